The van der Waals surface area contributed by atoms with Crippen molar-refractivity contribution in [2.75, 3.05) is 0 Å². The Hall–Kier alpha value is -1.09. The number of hydrogen-bond donors (Lipinski definition) is 1. The molecule has 1 atom stereocenters. The summed E-state index contributed by atoms with van der Waals surface area (Å²) in [5.41, 5.74) is 0.937. The Kier molecular flexibility index (Phi) is 4.94. The first-order chi connectivity index (χ1) is 7.90. The lowest BCUT2D eigenvalue weighted by atomic mass is 10.1. The van der Waals surface area contributed by atoms with Crippen molar-refractivity contribution >= 4 is 0 Å². The van der Waals surface area contributed by atoms with E-state index in [1.807, 2.05) is 26.8 Å². The summed E-state index contributed by atoms with van der Waals surface area (Å²) in [6, 6.07) is 5.65. The first-order valence-corrected chi connectivity index (χ1v) is 6.12. The van der Waals surface area contributed by atoms with E-state index in [-0.39, 0.29) is 18.0 Å². The van der Waals surface area contributed by atoms with Crippen molar-refractivity contribution in [2.45, 2.75) is 52.8 Å². The minimum atomic E-state index is -0.298. The molecule has 1 aromatic carbocycles. The molecule has 2 nitrogen and oxygen atoms in total. The molecule has 96 valence electrons. The molecule has 17 heavy (non-hydrogen) atoms. The Morgan fingerprint density at radius 1 is 1.12 bits per heavy atom. The highest BCUT2D eigenvalue weighted by molar-refractivity contribution is 5.31. The zero-order valence-electron chi connectivity index (χ0n) is 11.3. The molecule has 0 spiro atoms. The summed E-state index contributed by atoms with van der Waals surface area (Å²) >= 11 is 0. The van der Waals surface area contributed by atoms with E-state index in [1.54, 1.807) is 6.07 Å². The van der Waals surface area contributed by atoms with Gasteiger partial charge in [0, 0.05) is 12.1 Å². The summed E-state index contributed by atoms with van der Waals surface area (Å²) in [6.07, 6.45) is -0.0124. The van der Waals surface area contributed by atoms with Crippen LogP contribution in [0.1, 0.15) is 46.2 Å². The van der Waals surface area contributed by atoms with E-state index >= 15 is 0 Å². The van der Waals surface area contributed by atoms with Crippen LogP contribution in [0.5, 0.6) is 5.75 Å². The zero-order valence-corrected chi connectivity index (χ0v) is 11.3. The largest absolute Gasteiger partial charge is 0.488 e. The fraction of sp³-hybridized carbons (Fsp3) is 0.571. The monoisotopic (exact) mass is 239 g/mol. The van der Waals surface area contributed by atoms with Gasteiger partial charge in [-0.1, -0.05) is 19.9 Å². The van der Waals surface area contributed by atoms with Crippen LogP contribution in [-0.2, 0) is 0 Å². The first-order valence-electron chi connectivity index (χ1n) is 6.12. The molecule has 1 aromatic rings. The molecule has 0 aliphatic rings. The highest BCUT2D eigenvalue weighted by Crippen LogP contribution is 2.23. The van der Waals surface area contributed by atoms with E-state index in [2.05, 4.69) is 19.2 Å². The molecule has 0 saturated heterocycles. The molecule has 0 saturated carbocycles. The van der Waals surface area contributed by atoms with Crippen LogP contribution >= 0.6 is 0 Å². The van der Waals surface area contributed by atoms with Crippen molar-refractivity contribution in [3.63, 3.8) is 0 Å². The molecule has 0 fully saturated rings. The summed E-state index contributed by atoms with van der Waals surface area (Å²) in [6.45, 7) is 9.94. The number of halogens is 1. The van der Waals surface area contributed by atoms with Gasteiger partial charge in [-0.15, -0.1) is 0 Å². The lowest BCUT2D eigenvalue weighted by molar-refractivity contribution is 0.231. The quantitative estimate of drug-likeness (QED) is 0.846. The second-order valence-electron chi connectivity index (χ2n) is 4.90. The Balaban J connectivity index is 2.81. The van der Waals surface area contributed by atoms with E-state index in [9.17, 15) is 4.39 Å². The molecule has 0 radical (unpaired) electrons. The smallest absolute Gasteiger partial charge is 0.165 e. The molecule has 0 aromatic heterocycles. The predicted octanol–water partition coefficient (Wildman–Crippen LogP) is 3.67. The molecular weight excluding hydrogens is 217 g/mol. The van der Waals surface area contributed by atoms with E-state index in [4.69, 9.17) is 4.74 Å². The molecule has 0 aliphatic heterocycles. The lowest BCUT2D eigenvalue weighted by Gasteiger charge is -2.18. The van der Waals surface area contributed by atoms with E-state index in [0.717, 1.165) is 5.56 Å². The van der Waals surface area contributed by atoms with Gasteiger partial charge in [0.1, 0.15) is 0 Å². The lowest BCUT2D eigenvalue weighted by Crippen LogP contribution is -2.26. The van der Waals surface area contributed by atoms with Crippen LogP contribution in [0.25, 0.3) is 0 Å². The summed E-state index contributed by atoms with van der Waals surface area (Å²) < 4.78 is 19.1. The van der Waals surface area contributed by atoms with Gasteiger partial charge in [-0.05, 0) is 38.5 Å². The van der Waals surface area contributed by atoms with Crippen LogP contribution in [0.2, 0.25) is 0 Å². The third-order valence-corrected chi connectivity index (χ3v) is 2.40. The van der Waals surface area contributed by atoms with Crippen molar-refractivity contribution < 1.29 is 9.13 Å². The summed E-state index contributed by atoms with van der Waals surface area (Å²) in [4.78, 5) is 0. The summed E-state index contributed by atoms with van der Waals surface area (Å²) in [5, 5.41) is 3.34. The van der Waals surface area contributed by atoms with Crippen molar-refractivity contribution in [2.24, 2.45) is 0 Å². The van der Waals surface area contributed by atoms with Gasteiger partial charge in [0.05, 0.1) is 6.10 Å². The average Bonchev–Trinajstić information content (AvgIpc) is 2.19. The normalized spacial score (nSPS) is 13.2. The number of nitrogens with one attached hydrogen (secondary N) is 1. The maximum atomic E-state index is 13.8. The second-order valence-corrected chi connectivity index (χ2v) is 4.90. The number of ether oxygens (including phenoxy) is 1. The fourth-order valence-corrected chi connectivity index (χ4v) is 1.73. The zero-order chi connectivity index (χ0) is 13.0. The van der Waals surface area contributed by atoms with Gasteiger partial charge in [-0.3, -0.25) is 0 Å². The molecule has 3 heteroatoms. The minimum Gasteiger partial charge on any atom is -0.488 e. The number of benzene rings is 1. The highest BCUT2D eigenvalue weighted by atomic mass is 19.1. The Morgan fingerprint density at radius 2 is 1.76 bits per heavy atom. The first kappa shape index (κ1) is 14.0. The van der Waals surface area contributed by atoms with Gasteiger partial charge in [0.25, 0.3) is 0 Å². The van der Waals surface area contributed by atoms with Crippen LogP contribution < -0.4 is 10.1 Å². The van der Waals surface area contributed by atoms with Gasteiger partial charge < -0.3 is 10.1 Å². The third-order valence-electron chi connectivity index (χ3n) is 2.40. The minimum absolute atomic E-state index is 0.0124. The molecular formula is C14H22FNO. The molecule has 0 amide bonds. The highest BCUT2D eigenvalue weighted by Gasteiger charge is 2.11. The van der Waals surface area contributed by atoms with E-state index in [0.29, 0.717) is 11.8 Å². The van der Waals surface area contributed by atoms with E-state index in [1.165, 1.54) is 6.07 Å². The van der Waals surface area contributed by atoms with Gasteiger partial charge in [0.15, 0.2) is 11.6 Å². The van der Waals surface area contributed by atoms with Crippen LogP contribution in [0.3, 0.4) is 0 Å². The maximum absolute atomic E-state index is 13.8. The van der Waals surface area contributed by atoms with Gasteiger partial charge in [0.2, 0.25) is 0 Å². The second kappa shape index (κ2) is 6.01. The predicted molar refractivity (Wildman–Crippen MR) is 68.9 cm³/mol. The van der Waals surface area contributed by atoms with Gasteiger partial charge in [-0.2, -0.15) is 0 Å². The molecule has 1 rings (SSSR count). The van der Waals surface area contributed by atoms with Gasteiger partial charge >= 0.3 is 0 Å². The van der Waals surface area contributed by atoms with Crippen LogP contribution in [0, 0.1) is 5.82 Å². The molecule has 0 heterocycles. The third kappa shape index (κ3) is 4.35. The Morgan fingerprint density at radius 3 is 2.24 bits per heavy atom. The summed E-state index contributed by atoms with van der Waals surface area (Å²) in [5.74, 6) is 0.0223. The fourth-order valence-electron chi connectivity index (χ4n) is 1.73. The Bertz CT molecular complexity index is 363. The number of hydrogen-bond acceptors (Lipinski definition) is 2. The van der Waals surface area contributed by atoms with Crippen molar-refractivity contribution in [1.82, 2.24) is 5.32 Å². The molecule has 1 N–H and O–H groups in total. The Labute approximate surface area is 103 Å². The van der Waals surface area contributed by atoms with Crippen LogP contribution in [0.15, 0.2) is 18.2 Å². The molecule has 0 bridgehead atoms. The molecule has 0 aliphatic carbocycles. The average molecular weight is 239 g/mol. The summed E-state index contributed by atoms with van der Waals surface area (Å²) in [7, 11) is 0. The van der Waals surface area contributed by atoms with Crippen molar-refractivity contribution in [1.29, 1.82) is 0 Å². The van der Waals surface area contributed by atoms with Crippen LogP contribution in [-0.4, -0.2) is 12.1 Å². The SMILES string of the molecule is CC(C)N[C@@H](C)c1ccc(OC(C)C)c(F)c1. The van der Waals surface area contributed by atoms with Gasteiger partial charge in [-0.25, -0.2) is 4.39 Å². The van der Waals surface area contributed by atoms with Crippen LogP contribution in [0.4, 0.5) is 4.39 Å². The van der Waals surface area contributed by atoms with Crippen molar-refractivity contribution in [3.05, 3.63) is 29.6 Å². The molecule has 0 unspecified atom stereocenters. The van der Waals surface area contributed by atoms with Crippen molar-refractivity contribution in [3.8, 4) is 5.75 Å². The maximum Gasteiger partial charge on any atom is 0.165 e. The topological polar surface area (TPSA) is 21.3 Å². The number of rotatable bonds is 5. The van der Waals surface area contributed by atoms with E-state index < -0.39 is 0 Å². The standard InChI is InChI=1S/C14H22FNO/c1-9(2)16-11(5)12-6-7-14(13(15)8-12)17-10(3)4/h6-11,16H,1-5H3/t11-/m0/s1.